The largest absolute Gasteiger partial charge is 0.495 e. The molecule has 0 saturated heterocycles. The van der Waals surface area contributed by atoms with Gasteiger partial charge in [0, 0.05) is 16.1 Å². The van der Waals surface area contributed by atoms with Crippen LogP contribution in [0.15, 0.2) is 71.1 Å². The summed E-state index contributed by atoms with van der Waals surface area (Å²) in [5.41, 5.74) is 3.16. The van der Waals surface area contributed by atoms with E-state index in [-0.39, 0.29) is 11.0 Å². The van der Waals surface area contributed by atoms with Crippen molar-refractivity contribution in [3.63, 3.8) is 0 Å². The molecule has 8 heteroatoms. The number of benzene rings is 3. The highest BCUT2D eigenvalue weighted by molar-refractivity contribution is 7.80. The molecule has 150 valence electrons. The maximum absolute atomic E-state index is 12.4. The second-order valence-electron chi connectivity index (χ2n) is 6.32. The van der Waals surface area contributed by atoms with Gasteiger partial charge < -0.3 is 14.5 Å². The predicted octanol–water partition coefficient (Wildman–Crippen LogP) is 5.28. The summed E-state index contributed by atoms with van der Waals surface area (Å²) in [5, 5.41) is 6.21. The molecule has 0 unspecified atom stereocenters. The van der Waals surface area contributed by atoms with Crippen LogP contribution in [0, 0.1) is 0 Å². The van der Waals surface area contributed by atoms with Crippen LogP contribution in [0.5, 0.6) is 5.75 Å². The first-order valence-electron chi connectivity index (χ1n) is 8.95. The minimum Gasteiger partial charge on any atom is -0.495 e. The van der Waals surface area contributed by atoms with Crippen molar-refractivity contribution in [1.29, 1.82) is 0 Å². The normalized spacial score (nSPS) is 10.6. The molecule has 0 radical (unpaired) electrons. The van der Waals surface area contributed by atoms with E-state index >= 15 is 0 Å². The van der Waals surface area contributed by atoms with Gasteiger partial charge in [0.05, 0.1) is 12.8 Å². The number of para-hydroxylation sites is 2. The van der Waals surface area contributed by atoms with Crippen LogP contribution in [-0.4, -0.2) is 23.1 Å². The van der Waals surface area contributed by atoms with Crippen LogP contribution in [0.25, 0.3) is 22.6 Å². The van der Waals surface area contributed by atoms with Crippen molar-refractivity contribution in [2.45, 2.75) is 0 Å². The number of oxazole rings is 1. The van der Waals surface area contributed by atoms with Crippen LogP contribution in [0.4, 0.5) is 5.69 Å². The molecule has 6 nitrogen and oxygen atoms in total. The topological polar surface area (TPSA) is 76.4 Å². The van der Waals surface area contributed by atoms with Crippen LogP contribution in [0.1, 0.15) is 10.4 Å². The first-order valence-corrected chi connectivity index (χ1v) is 9.74. The van der Waals surface area contributed by atoms with Crippen LogP contribution in [0.3, 0.4) is 0 Å². The van der Waals surface area contributed by atoms with Gasteiger partial charge in [-0.25, -0.2) is 4.98 Å². The summed E-state index contributed by atoms with van der Waals surface area (Å²) in [7, 11) is 1.55. The number of amides is 1. The van der Waals surface area contributed by atoms with Gasteiger partial charge in [-0.15, -0.1) is 0 Å². The lowest BCUT2D eigenvalue weighted by Gasteiger charge is -2.13. The number of thiocarbonyl (C=S) groups is 1. The Balaban J connectivity index is 1.56. The molecule has 0 fully saturated rings. The van der Waals surface area contributed by atoms with Crippen molar-refractivity contribution in [3.8, 4) is 17.2 Å². The zero-order valence-corrected chi connectivity index (χ0v) is 17.4. The van der Waals surface area contributed by atoms with E-state index in [9.17, 15) is 4.79 Å². The summed E-state index contributed by atoms with van der Waals surface area (Å²) in [6.07, 6.45) is 0. The summed E-state index contributed by atoms with van der Waals surface area (Å²) in [5.74, 6) is 0.647. The Bertz CT molecular complexity index is 1220. The molecule has 4 rings (SSSR count). The molecule has 0 atom stereocenters. The van der Waals surface area contributed by atoms with Gasteiger partial charge in [-0.05, 0) is 60.7 Å². The zero-order valence-electron chi connectivity index (χ0n) is 15.8. The van der Waals surface area contributed by atoms with Crippen molar-refractivity contribution in [3.05, 3.63) is 77.3 Å². The quantitative estimate of drug-likeness (QED) is 0.423. The molecule has 0 aliphatic carbocycles. The number of carbonyl (C=O) groups is 1. The number of carbonyl (C=O) groups excluding carboxylic acids is 1. The zero-order chi connectivity index (χ0) is 21.1. The number of nitrogens with zero attached hydrogens (tertiary/aromatic N) is 1. The predicted molar refractivity (Wildman–Crippen MR) is 121 cm³/mol. The van der Waals surface area contributed by atoms with Crippen molar-refractivity contribution >= 4 is 51.6 Å². The summed E-state index contributed by atoms with van der Waals surface area (Å²) >= 11 is 11.2. The molecule has 0 saturated carbocycles. The fourth-order valence-corrected chi connectivity index (χ4v) is 3.29. The van der Waals surface area contributed by atoms with E-state index in [0.717, 1.165) is 11.1 Å². The van der Waals surface area contributed by atoms with E-state index in [4.69, 9.17) is 33.0 Å². The number of fused-ring (bicyclic) bond motifs is 1. The first kappa shape index (κ1) is 19.9. The van der Waals surface area contributed by atoms with Crippen LogP contribution in [-0.2, 0) is 0 Å². The third kappa shape index (κ3) is 4.27. The van der Waals surface area contributed by atoms with Gasteiger partial charge in [-0.1, -0.05) is 29.8 Å². The molecule has 30 heavy (non-hydrogen) atoms. The minimum absolute atomic E-state index is 0.119. The number of anilines is 1. The van der Waals surface area contributed by atoms with Gasteiger partial charge in [0.25, 0.3) is 5.91 Å². The van der Waals surface area contributed by atoms with E-state index in [1.54, 1.807) is 43.5 Å². The molecular weight excluding hydrogens is 422 g/mol. The fraction of sp³-hybridized carbons (Fsp3) is 0.0455. The third-order valence-electron chi connectivity index (χ3n) is 4.30. The Kier molecular flexibility index (Phi) is 5.65. The highest BCUT2D eigenvalue weighted by Crippen LogP contribution is 2.31. The minimum atomic E-state index is -0.371. The molecule has 0 aliphatic heterocycles. The standard InChI is InChI=1S/C22H16ClN3O3S/c1-28-18-10-9-14(21-24-16-7-2-3-8-19(16)29-21)12-17(18)25-22(30)26-20(27)13-5-4-6-15(23)11-13/h2-12H,1H3,(H2,25,26,27,30). The summed E-state index contributed by atoms with van der Waals surface area (Å²) in [6.45, 7) is 0. The molecule has 2 N–H and O–H groups in total. The van der Waals surface area contributed by atoms with Gasteiger partial charge in [0.2, 0.25) is 5.89 Å². The Morgan fingerprint density at radius 2 is 1.93 bits per heavy atom. The molecule has 0 aliphatic rings. The number of ether oxygens (including phenoxy) is 1. The number of aromatic nitrogens is 1. The molecule has 1 heterocycles. The SMILES string of the molecule is COc1ccc(-c2nc3ccccc3o2)cc1NC(=S)NC(=O)c1cccc(Cl)c1. The summed E-state index contributed by atoms with van der Waals surface area (Å²) in [6, 6.07) is 19.5. The molecule has 1 amide bonds. The van der Waals surface area contributed by atoms with Crippen molar-refractivity contribution in [1.82, 2.24) is 10.3 Å². The monoisotopic (exact) mass is 437 g/mol. The number of halogens is 1. The second kappa shape index (κ2) is 8.52. The van der Waals surface area contributed by atoms with Crippen LogP contribution < -0.4 is 15.4 Å². The van der Waals surface area contributed by atoms with Crippen LogP contribution in [0.2, 0.25) is 5.02 Å². The lowest BCUT2D eigenvalue weighted by Crippen LogP contribution is -2.34. The average Bonchev–Trinajstić information content (AvgIpc) is 3.18. The smallest absolute Gasteiger partial charge is 0.257 e. The summed E-state index contributed by atoms with van der Waals surface area (Å²) < 4.78 is 11.2. The van der Waals surface area contributed by atoms with E-state index in [2.05, 4.69) is 15.6 Å². The Morgan fingerprint density at radius 1 is 1.10 bits per heavy atom. The molecule has 1 aromatic heterocycles. The third-order valence-corrected chi connectivity index (χ3v) is 4.74. The van der Waals surface area contributed by atoms with Gasteiger partial charge in [0.1, 0.15) is 11.3 Å². The van der Waals surface area contributed by atoms with Crippen LogP contribution >= 0.6 is 23.8 Å². The van der Waals surface area contributed by atoms with Crippen molar-refractivity contribution < 1.29 is 13.9 Å². The first-order chi connectivity index (χ1) is 14.5. The van der Waals surface area contributed by atoms with Gasteiger partial charge >= 0.3 is 0 Å². The molecule has 0 bridgehead atoms. The number of rotatable bonds is 4. The maximum Gasteiger partial charge on any atom is 0.257 e. The van der Waals surface area contributed by atoms with Crippen molar-refractivity contribution in [2.24, 2.45) is 0 Å². The van der Waals surface area contributed by atoms with E-state index in [0.29, 0.717) is 33.5 Å². The van der Waals surface area contributed by atoms with Crippen molar-refractivity contribution in [2.75, 3.05) is 12.4 Å². The number of hydrogen-bond acceptors (Lipinski definition) is 5. The highest BCUT2D eigenvalue weighted by Gasteiger charge is 2.14. The molecule has 3 aromatic carbocycles. The molecule has 0 spiro atoms. The van der Waals surface area contributed by atoms with E-state index in [1.807, 2.05) is 30.3 Å². The highest BCUT2D eigenvalue weighted by atomic mass is 35.5. The summed E-state index contributed by atoms with van der Waals surface area (Å²) in [4.78, 5) is 16.9. The number of methoxy groups -OCH3 is 1. The lowest BCUT2D eigenvalue weighted by molar-refractivity contribution is 0.0977. The maximum atomic E-state index is 12.4. The molecule has 4 aromatic rings. The number of hydrogen-bond donors (Lipinski definition) is 2. The number of nitrogens with one attached hydrogen (secondary N) is 2. The second-order valence-corrected chi connectivity index (χ2v) is 7.17. The van der Waals surface area contributed by atoms with Gasteiger partial charge in [-0.3, -0.25) is 10.1 Å². The average molecular weight is 438 g/mol. The van der Waals surface area contributed by atoms with E-state index in [1.165, 1.54) is 0 Å². The van der Waals surface area contributed by atoms with Gasteiger partial charge in [0.15, 0.2) is 10.7 Å². The Labute approximate surface area is 182 Å². The Hall–Kier alpha value is -3.42. The molecular formula is C22H16ClN3O3S. The fourth-order valence-electron chi connectivity index (χ4n) is 2.89. The van der Waals surface area contributed by atoms with E-state index < -0.39 is 0 Å². The van der Waals surface area contributed by atoms with Gasteiger partial charge in [-0.2, -0.15) is 0 Å². The Morgan fingerprint density at radius 3 is 2.70 bits per heavy atom. The lowest BCUT2D eigenvalue weighted by atomic mass is 10.2.